The second-order valence-corrected chi connectivity index (χ2v) is 7.77. The molecule has 1 aliphatic carbocycles. The van der Waals surface area contributed by atoms with Crippen LogP contribution < -0.4 is 5.32 Å². The summed E-state index contributed by atoms with van der Waals surface area (Å²) in [6.45, 7) is 10.5. The van der Waals surface area contributed by atoms with Crippen molar-refractivity contribution in [2.24, 2.45) is 5.92 Å². The highest BCUT2D eigenvalue weighted by Crippen LogP contribution is 2.46. The normalized spacial score (nSPS) is 30.6. The van der Waals surface area contributed by atoms with Gasteiger partial charge in [-0.15, -0.1) is 11.3 Å². The lowest BCUT2D eigenvalue weighted by Crippen LogP contribution is -2.69. The van der Waals surface area contributed by atoms with Gasteiger partial charge in [0.05, 0.1) is 5.51 Å². The number of hydrogen-bond acceptors (Lipinski definition) is 4. The Morgan fingerprint density at radius 3 is 2.70 bits per heavy atom. The molecular formula is C16H27N3S. The van der Waals surface area contributed by atoms with Gasteiger partial charge in [-0.05, 0) is 38.5 Å². The van der Waals surface area contributed by atoms with Crippen LogP contribution >= 0.6 is 11.3 Å². The topological polar surface area (TPSA) is 28.2 Å². The summed E-state index contributed by atoms with van der Waals surface area (Å²) >= 11 is 1.79. The Labute approximate surface area is 126 Å². The average molecular weight is 293 g/mol. The van der Waals surface area contributed by atoms with Crippen LogP contribution in [-0.4, -0.2) is 34.1 Å². The first-order valence-electron chi connectivity index (χ1n) is 7.99. The zero-order valence-corrected chi connectivity index (χ0v) is 13.8. The molecule has 0 amide bonds. The molecular weight excluding hydrogens is 266 g/mol. The number of piperazine rings is 1. The molecule has 3 nitrogen and oxygen atoms in total. The lowest BCUT2D eigenvalue weighted by Gasteiger charge is -2.53. The fourth-order valence-corrected chi connectivity index (χ4v) is 4.27. The van der Waals surface area contributed by atoms with Crippen LogP contribution in [0.1, 0.15) is 51.3 Å². The average Bonchev–Trinajstić information content (AvgIpc) is 3.21. The van der Waals surface area contributed by atoms with Gasteiger partial charge in [0.25, 0.3) is 0 Å². The van der Waals surface area contributed by atoms with E-state index in [2.05, 4.69) is 36.0 Å². The van der Waals surface area contributed by atoms with E-state index < -0.39 is 0 Å². The third kappa shape index (κ3) is 2.53. The van der Waals surface area contributed by atoms with Crippen molar-refractivity contribution in [3.8, 4) is 0 Å². The van der Waals surface area contributed by atoms with E-state index in [9.17, 15) is 0 Å². The molecule has 1 saturated heterocycles. The molecule has 0 spiro atoms. The van der Waals surface area contributed by atoms with E-state index >= 15 is 0 Å². The van der Waals surface area contributed by atoms with E-state index in [-0.39, 0.29) is 0 Å². The minimum Gasteiger partial charge on any atom is -0.308 e. The zero-order valence-electron chi connectivity index (χ0n) is 13.0. The number of nitrogens with one attached hydrogen (secondary N) is 1. The van der Waals surface area contributed by atoms with Crippen LogP contribution in [0.4, 0.5) is 0 Å². The van der Waals surface area contributed by atoms with Gasteiger partial charge in [0.2, 0.25) is 0 Å². The summed E-state index contributed by atoms with van der Waals surface area (Å²) in [4.78, 5) is 8.40. The summed E-state index contributed by atoms with van der Waals surface area (Å²) in [5.41, 5.74) is 2.59. The lowest BCUT2D eigenvalue weighted by molar-refractivity contribution is -0.00780. The van der Waals surface area contributed by atoms with Crippen LogP contribution in [0.5, 0.6) is 0 Å². The van der Waals surface area contributed by atoms with Crippen molar-refractivity contribution >= 4 is 11.3 Å². The summed E-state index contributed by atoms with van der Waals surface area (Å²) in [7, 11) is 0. The summed E-state index contributed by atoms with van der Waals surface area (Å²) < 4.78 is 0. The van der Waals surface area contributed by atoms with Crippen molar-refractivity contribution < 1.29 is 0 Å². The number of hydrogen-bond donors (Lipinski definition) is 1. The van der Waals surface area contributed by atoms with Crippen molar-refractivity contribution in [3.05, 3.63) is 16.6 Å². The molecule has 0 aromatic carbocycles. The molecule has 0 bridgehead atoms. The van der Waals surface area contributed by atoms with Gasteiger partial charge in [-0.25, -0.2) is 0 Å². The third-order valence-corrected chi connectivity index (χ3v) is 6.44. The molecule has 1 aromatic heterocycles. The van der Waals surface area contributed by atoms with E-state index in [4.69, 9.17) is 0 Å². The van der Waals surface area contributed by atoms with E-state index in [1.54, 1.807) is 11.3 Å². The van der Waals surface area contributed by atoms with Crippen molar-refractivity contribution in [2.45, 2.75) is 64.1 Å². The highest BCUT2D eigenvalue weighted by atomic mass is 32.1. The van der Waals surface area contributed by atoms with Crippen molar-refractivity contribution in [2.75, 3.05) is 13.1 Å². The Balaban J connectivity index is 1.82. The second kappa shape index (κ2) is 5.39. The SMILES string of the molecule is CCC1(CC)CN(Cc2cncs2)C(C)(C2CC2)CN1. The Morgan fingerprint density at radius 2 is 2.15 bits per heavy atom. The van der Waals surface area contributed by atoms with Gasteiger partial charge in [-0.2, -0.15) is 0 Å². The minimum absolute atomic E-state index is 0.305. The van der Waals surface area contributed by atoms with Gasteiger partial charge >= 0.3 is 0 Å². The van der Waals surface area contributed by atoms with Gasteiger partial charge in [0.15, 0.2) is 0 Å². The summed E-state index contributed by atoms with van der Waals surface area (Å²) in [6, 6.07) is 0. The molecule has 2 heterocycles. The lowest BCUT2D eigenvalue weighted by atomic mass is 9.82. The Morgan fingerprint density at radius 1 is 1.40 bits per heavy atom. The van der Waals surface area contributed by atoms with Crippen LogP contribution in [0.3, 0.4) is 0 Å². The highest BCUT2D eigenvalue weighted by Gasteiger charge is 2.50. The molecule has 4 heteroatoms. The first-order valence-corrected chi connectivity index (χ1v) is 8.87. The van der Waals surface area contributed by atoms with Crippen molar-refractivity contribution in [1.29, 1.82) is 0 Å². The highest BCUT2D eigenvalue weighted by molar-refractivity contribution is 7.09. The molecule has 112 valence electrons. The summed E-state index contributed by atoms with van der Waals surface area (Å²) in [6.07, 6.45) is 7.28. The Hall–Kier alpha value is -0.450. The largest absolute Gasteiger partial charge is 0.308 e. The van der Waals surface area contributed by atoms with Crippen LogP contribution in [0.2, 0.25) is 0 Å². The Kier molecular flexibility index (Phi) is 3.91. The summed E-state index contributed by atoms with van der Waals surface area (Å²) in [5, 5.41) is 3.90. The van der Waals surface area contributed by atoms with Crippen molar-refractivity contribution in [1.82, 2.24) is 15.2 Å². The number of nitrogens with zero attached hydrogens (tertiary/aromatic N) is 2. The van der Waals surface area contributed by atoms with Gasteiger partial charge < -0.3 is 5.32 Å². The quantitative estimate of drug-likeness (QED) is 0.903. The summed E-state index contributed by atoms with van der Waals surface area (Å²) in [5.74, 6) is 0.884. The van der Waals surface area contributed by atoms with Gasteiger partial charge in [0.1, 0.15) is 0 Å². The maximum absolute atomic E-state index is 4.25. The third-order valence-electron chi connectivity index (χ3n) is 5.68. The van der Waals surface area contributed by atoms with Crippen LogP contribution in [-0.2, 0) is 6.54 Å². The van der Waals surface area contributed by atoms with Gasteiger partial charge in [-0.1, -0.05) is 13.8 Å². The monoisotopic (exact) mass is 293 g/mol. The fraction of sp³-hybridized carbons (Fsp3) is 0.812. The molecule has 1 N–H and O–H groups in total. The number of aromatic nitrogens is 1. The van der Waals surface area contributed by atoms with Gasteiger partial charge in [-0.3, -0.25) is 9.88 Å². The molecule has 1 unspecified atom stereocenters. The van der Waals surface area contributed by atoms with E-state index in [0.29, 0.717) is 11.1 Å². The maximum atomic E-state index is 4.25. The van der Waals surface area contributed by atoms with E-state index in [0.717, 1.165) is 19.0 Å². The van der Waals surface area contributed by atoms with Crippen molar-refractivity contribution in [3.63, 3.8) is 0 Å². The van der Waals surface area contributed by atoms with Crippen LogP contribution in [0.15, 0.2) is 11.7 Å². The molecule has 1 atom stereocenters. The number of thiazole rings is 1. The first-order chi connectivity index (χ1) is 9.62. The fourth-order valence-electron chi connectivity index (χ4n) is 3.66. The van der Waals surface area contributed by atoms with E-state index in [1.807, 2.05) is 11.7 Å². The molecule has 20 heavy (non-hydrogen) atoms. The number of rotatable bonds is 5. The molecule has 1 aliphatic heterocycles. The zero-order chi connectivity index (χ0) is 14.2. The maximum Gasteiger partial charge on any atom is 0.0794 e. The van der Waals surface area contributed by atoms with Gasteiger partial charge in [0, 0.05) is 41.8 Å². The molecule has 3 rings (SSSR count). The first kappa shape index (κ1) is 14.5. The molecule has 1 aromatic rings. The molecule has 2 fully saturated rings. The minimum atomic E-state index is 0.305. The molecule has 1 saturated carbocycles. The Bertz CT molecular complexity index is 437. The molecule has 0 radical (unpaired) electrons. The second-order valence-electron chi connectivity index (χ2n) is 6.80. The standard InChI is InChI=1S/C16H27N3S/c1-4-16(5-2)11-19(9-14-8-17-12-20-14)15(3,10-18-16)13-6-7-13/h8,12-13,18H,4-7,9-11H2,1-3H3. The molecule has 2 aliphatic rings. The van der Waals surface area contributed by atoms with Crippen LogP contribution in [0.25, 0.3) is 0 Å². The van der Waals surface area contributed by atoms with E-state index in [1.165, 1.54) is 37.1 Å². The smallest absolute Gasteiger partial charge is 0.0794 e. The predicted molar refractivity (Wildman–Crippen MR) is 85.0 cm³/mol. The van der Waals surface area contributed by atoms with Crippen LogP contribution in [0, 0.1) is 5.92 Å². The predicted octanol–water partition coefficient (Wildman–Crippen LogP) is 3.28.